The van der Waals surface area contributed by atoms with Crippen molar-refractivity contribution >= 4 is 11.8 Å². The van der Waals surface area contributed by atoms with Crippen LogP contribution in [-0.4, -0.2) is 17.5 Å². The molecule has 1 heterocycles. The molecule has 4 nitrogen and oxygen atoms in total. The summed E-state index contributed by atoms with van der Waals surface area (Å²) in [6, 6.07) is 6.57. The number of benzene rings is 1. The van der Waals surface area contributed by atoms with Crippen LogP contribution >= 0.6 is 0 Å². The summed E-state index contributed by atoms with van der Waals surface area (Å²) in [7, 11) is 0. The summed E-state index contributed by atoms with van der Waals surface area (Å²) < 4.78 is 13.2. The molecule has 2 aliphatic rings. The lowest BCUT2D eigenvalue weighted by atomic mass is 9.89. The van der Waals surface area contributed by atoms with Crippen LogP contribution in [0.1, 0.15) is 37.7 Å². The van der Waals surface area contributed by atoms with Gasteiger partial charge in [-0.2, -0.15) is 0 Å². The quantitative estimate of drug-likeness (QED) is 0.869. The van der Waals surface area contributed by atoms with Crippen LogP contribution in [0.2, 0.25) is 0 Å². The molecule has 1 aliphatic heterocycles. The summed E-state index contributed by atoms with van der Waals surface area (Å²) in [5, 5.41) is 3.01. The molecule has 0 amide bonds. The molecule has 106 valence electrons. The third-order valence-corrected chi connectivity index (χ3v) is 3.86. The lowest BCUT2D eigenvalue weighted by Crippen LogP contribution is -2.47. The van der Waals surface area contributed by atoms with E-state index in [0.29, 0.717) is 12.4 Å². The molecule has 0 aromatic heterocycles. The van der Waals surface area contributed by atoms with Crippen molar-refractivity contribution in [3.8, 4) is 0 Å². The number of rotatable bonds is 2. The molecule has 1 aromatic rings. The smallest absolute Gasteiger partial charge is 0.196 e. The molecule has 1 aromatic carbocycles. The van der Waals surface area contributed by atoms with E-state index in [2.05, 4.69) is 10.3 Å². The minimum Gasteiger partial charge on any atom is -0.370 e. The van der Waals surface area contributed by atoms with Crippen molar-refractivity contribution in [3.05, 3.63) is 35.6 Å². The average molecular weight is 274 g/mol. The number of nitrogens with two attached hydrogens (primary N) is 1. The van der Waals surface area contributed by atoms with Crippen LogP contribution in [0.25, 0.3) is 0 Å². The molecule has 0 atom stereocenters. The number of hydrogen-bond acceptors (Lipinski definition) is 4. The molecular formula is C15H19FN4. The Hall–Kier alpha value is -1.91. The maximum absolute atomic E-state index is 13.2. The molecule has 3 rings (SSSR count). The van der Waals surface area contributed by atoms with Crippen molar-refractivity contribution in [1.29, 1.82) is 0 Å². The third kappa shape index (κ3) is 2.81. The highest BCUT2D eigenvalue weighted by atomic mass is 19.1. The van der Waals surface area contributed by atoms with Gasteiger partial charge in [0.25, 0.3) is 0 Å². The third-order valence-electron chi connectivity index (χ3n) is 3.86. The lowest BCUT2D eigenvalue weighted by molar-refractivity contribution is 0.306. The van der Waals surface area contributed by atoms with Crippen molar-refractivity contribution in [2.45, 2.75) is 44.2 Å². The van der Waals surface area contributed by atoms with Gasteiger partial charge in [0.2, 0.25) is 0 Å². The fourth-order valence-electron chi connectivity index (χ4n) is 2.97. The summed E-state index contributed by atoms with van der Waals surface area (Å²) >= 11 is 0. The average Bonchev–Trinajstić information content (AvgIpc) is 2.38. The molecule has 0 bridgehead atoms. The van der Waals surface area contributed by atoms with Crippen molar-refractivity contribution in [2.75, 3.05) is 0 Å². The van der Waals surface area contributed by atoms with E-state index in [9.17, 15) is 4.39 Å². The van der Waals surface area contributed by atoms with Gasteiger partial charge in [-0.1, -0.05) is 18.6 Å². The number of halogens is 1. The molecule has 20 heavy (non-hydrogen) atoms. The standard InChI is InChI=1S/C15H19FN4/c16-12-6-4-5-11(9-12)10-13-18-14(17)20-15(19-13)7-2-1-3-8-15/h4-6,9H,1-3,7-8,10H2,(H3,17,18,19,20). The minimum atomic E-state index is -0.379. The van der Waals surface area contributed by atoms with Crippen LogP contribution < -0.4 is 11.1 Å². The first-order valence-corrected chi connectivity index (χ1v) is 7.11. The first-order chi connectivity index (χ1) is 9.65. The van der Waals surface area contributed by atoms with Gasteiger partial charge in [0.05, 0.1) is 0 Å². The highest BCUT2D eigenvalue weighted by molar-refractivity contribution is 6.01. The van der Waals surface area contributed by atoms with Gasteiger partial charge in [0.15, 0.2) is 11.6 Å². The predicted octanol–water partition coefficient (Wildman–Crippen LogP) is 2.34. The van der Waals surface area contributed by atoms with Gasteiger partial charge >= 0.3 is 0 Å². The van der Waals surface area contributed by atoms with Crippen LogP contribution in [0.15, 0.2) is 34.3 Å². The number of nitrogens with one attached hydrogen (secondary N) is 1. The first-order valence-electron chi connectivity index (χ1n) is 7.11. The monoisotopic (exact) mass is 274 g/mol. The Morgan fingerprint density at radius 3 is 2.75 bits per heavy atom. The summed E-state index contributed by atoms with van der Waals surface area (Å²) in [5.41, 5.74) is 6.41. The van der Waals surface area contributed by atoms with Crippen molar-refractivity contribution in [3.63, 3.8) is 0 Å². The highest BCUT2D eigenvalue weighted by Gasteiger charge is 2.34. The Bertz CT molecular complexity index is 559. The van der Waals surface area contributed by atoms with Gasteiger partial charge in [-0.25, -0.2) is 14.4 Å². The minimum absolute atomic E-state index is 0.229. The number of guanidine groups is 1. The van der Waals surface area contributed by atoms with Crippen LogP contribution in [0.4, 0.5) is 4.39 Å². The van der Waals surface area contributed by atoms with Gasteiger partial charge in [0, 0.05) is 6.42 Å². The van der Waals surface area contributed by atoms with Gasteiger partial charge in [-0.05, 0) is 43.4 Å². The summed E-state index contributed by atoms with van der Waals surface area (Å²) in [6.45, 7) is 0. The zero-order valence-electron chi connectivity index (χ0n) is 11.4. The zero-order valence-corrected chi connectivity index (χ0v) is 11.4. The number of hydrogen-bond donors (Lipinski definition) is 2. The normalized spacial score (nSPS) is 21.1. The molecule has 0 unspecified atom stereocenters. The fourth-order valence-corrected chi connectivity index (χ4v) is 2.97. The van der Waals surface area contributed by atoms with E-state index in [1.807, 2.05) is 6.07 Å². The van der Waals surface area contributed by atoms with E-state index in [1.165, 1.54) is 18.6 Å². The molecule has 0 radical (unpaired) electrons. The Morgan fingerprint density at radius 2 is 2.00 bits per heavy atom. The topological polar surface area (TPSA) is 62.8 Å². The predicted molar refractivity (Wildman–Crippen MR) is 78.1 cm³/mol. The Morgan fingerprint density at radius 1 is 1.20 bits per heavy atom. The van der Waals surface area contributed by atoms with Gasteiger partial charge in [0.1, 0.15) is 11.7 Å². The number of aliphatic imine (C=N–C) groups is 2. The maximum Gasteiger partial charge on any atom is 0.196 e. The van der Waals surface area contributed by atoms with Gasteiger partial charge in [-0.15, -0.1) is 0 Å². The first kappa shape index (κ1) is 13.1. The highest BCUT2D eigenvalue weighted by Crippen LogP contribution is 2.34. The van der Waals surface area contributed by atoms with E-state index in [1.54, 1.807) is 6.07 Å². The Balaban J connectivity index is 1.82. The van der Waals surface area contributed by atoms with E-state index >= 15 is 0 Å². The van der Waals surface area contributed by atoms with E-state index < -0.39 is 0 Å². The molecule has 3 N–H and O–H groups in total. The molecule has 5 heteroatoms. The Kier molecular flexibility index (Phi) is 3.42. The fraction of sp³-hybridized carbons (Fsp3) is 0.467. The molecule has 1 spiro atoms. The second-order valence-electron chi connectivity index (χ2n) is 5.53. The summed E-state index contributed by atoms with van der Waals surface area (Å²) in [4.78, 5) is 9.27. The Labute approximate surface area is 118 Å². The molecule has 1 saturated carbocycles. The molecular weight excluding hydrogens is 255 g/mol. The van der Waals surface area contributed by atoms with Gasteiger partial charge < -0.3 is 11.1 Å². The van der Waals surface area contributed by atoms with Crippen LogP contribution in [0, 0.1) is 5.82 Å². The van der Waals surface area contributed by atoms with Crippen molar-refractivity contribution in [2.24, 2.45) is 15.7 Å². The number of amidine groups is 1. The number of nitrogens with zero attached hydrogens (tertiary/aromatic N) is 2. The maximum atomic E-state index is 13.2. The SMILES string of the molecule is NC1=NC2(CCCCC2)N=C(Cc2cccc(F)c2)N1. The van der Waals surface area contributed by atoms with Crippen LogP contribution in [0.5, 0.6) is 0 Å². The van der Waals surface area contributed by atoms with Gasteiger partial charge in [-0.3, -0.25) is 0 Å². The van der Waals surface area contributed by atoms with E-state index in [0.717, 1.165) is 37.1 Å². The van der Waals surface area contributed by atoms with Crippen molar-refractivity contribution < 1.29 is 4.39 Å². The second kappa shape index (κ2) is 5.23. The molecule has 0 saturated heterocycles. The second-order valence-corrected chi connectivity index (χ2v) is 5.53. The van der Waals surface area contributed by atoms with E-state index in [-0.39, 0.29) is 11.5 Å². The van der Waals surface area contributed by atoms with Crippen LogP contribution in [0.3, 0.4) is 0 Å². The molecule has 1 fully saturated rings. The van der Waals surface area contributed by atoms with E-state index in [4.69, 9.17) is 10.7 Å². The summed E-state index contributed by atoms with van der Waals surface area (Å²) in [5.74, 6) is 0.978. The largest absolute Gasteiger partial charge is 0.370 e. The molecule has 1 aliphatic carbocycles. The zero-order chi connectivity index (χ0) is 14.0. The van der Waals surface area contributed by atoms with Crippen molar-refractivity contribution in [1.82, 2.24) is 5.32 Å². The van der Waals surface area contributed by atoms with Crippen LogP contribution in [-0.2, 0) is 6.42 Å². The lowest BCUT2D eigenvalue weighted by Gasteiger charge is -2.34. The summed E-state index contributed by atoms with van der Waals surface area (Å²) in [6.07, 6.45) is 5.94.